The summed E-state index contributed by atoms with van der Waals surface area (Å²) in [5.41, 5.74) is -0.216. The minimum atomic E-state index is -3.26. The number of hydrogen-bond acceptors (Lipinski definition) is 7. The third-order valence-electron chi connectivity index (χ3n) is 6.02. The summed E-state index contributed by atoms with van der Waals surface area (Å²) in [6, 6.07) is 4.72. The number of nitriles is 1. The highest BCUT2D eigenvalue weighted by Crippen LogP contribution is 2.27. The Labute approximate surface area is 178 Å². The van der Waals surface area contributed by atoms with Gasteiger partial charge in [-0.25, -0.2) is 13.4 Å². The van der Waals surface area contributed by atoms with Crippen LogP contribution in [0.4, 0.5) is 5.82 Å². The van der Waals surface area contributed by atoms with Crippen LogP contribution in [0.15, 0.2) is 23.2 Å². The van der Waals surface area contributed by atoms with Crippen molar-refractivity contribution in [1.82, 2.24) is 15.2 Å². The van der Waals surface area contributed by atoms with Crippen molar-refractivity contribution in [2.24, 2.45) is 0 Å². The largest absolute Gasteiger partial charge is 0.356 e. The number of likely N-dealkylation sites (tertiary alicyclic amines) is 1. The SMILES string of the molecule is C#C[C@@H]1CC[C@@H](C#N)N1C(=O)CNC1(C)CCN(c2ccc(S(C)(=O)=O)cn2)CC1. The van der Waals surface area contributed by atoms with Crippen molar-refractivity contribution in [3.63, 3.8) is 0 Å². The minimum absolute atomic E-state index is 0.135. The molecule has 3 rings (SSSR count). The summed E-state index contributed by atoms with van der Waals surface area (Å²) in [5.74, 6) is 3.23. The van der Waals surface area contributed by atoms with Crippen molar-refractivity contribution in [2.45, 2.75) is 55.1 Å². The van der Waals surface area contributed by atoms with Gasteiger partial charge in [0.05, 0.1) is 23.6 Å². The van der Waals surface area contributed by atoms with E-state index in [4.69, 9.17) is 6.42 Å². The smallest absolute Gasteiger partial charge is 0.238 e. The molecular formula is C21H27N5O3S. The molecule has 2 fully saturated rings. The highest BCUT2D eigenvalue weighted by molar-refractivity contribution is 7.90. The molecular weight excluding hydrogens is 402 g/mol. The molecule has 1 aromatic heterocycles. The van der Waals surface area contributed by atoms with Crippen molar-refractivity contribution in [2.75, 3.05) is 30.8 Å². The van der Waals surface area contributed by atoms with E-state index in [9.17, 15) is 18.5 Å². The monoisotopic (exact) mass is 429 g/mol. The van der Waals surface area contributed by atoms with Gasteiger partial charge < -0.3 is 15.1 Å². The Morgan fingerprint density at radius 2 is 2.00 bits per heavy atom. The van der Waals surface area contributed by atoms with Crippen LogP contribution in [0.2, 0.25) is 0 Å². The Hall–Kier alpha value is -2.62. The molecule has 0 unspecified atom stereocenters. The van der Waals surface area contributed by atoms with Crippen LogP contribution in [0.1, 0.15) is 32.6 Å². The van der Waals surface area contributed by atoms with Crippen molar-refractivity contribution in [3.8, 4) is 18.4 Å². The molecule has 0 spiro atoms. The van der Waals surface area contributed by atoms with Crippen LogP contribution in [0.5, 0.6) is 0 Å². The molecule has 1 aromatic rings. The third kappa shape index (κ3) is 4.75. The number of pyridine rings is 1. The first-order valence-corrected chi connectivity index (χ1v) is 11.9. The summed E-state index contributed by atoms with van der Waals surface area (Å²) in [6.45, 7) is 3.71. The van der Waals surface area contributed by atoms with Gasteiger partial charge in [0.15, 0.2) is 9.84 Å². The molecule has 0 radical (unpaired) electrons. The van der Waals surface area contributed by atoms with E-state index in [1.54, 1.807) is 17.0 Å². The fraction of sp³-hybridized carbons (Fsp3) is 0.571. The van der Waals surface area contributed by atoms with Gasteiger partial charge in [-0.05, 0) is 44.7 Å². The van der Waals surface area contributed by atoms with Gasteiger partial charge in [-0.1, -0.05) is 5.92 Å². The number of rotatable bonds is 5. The lowest BCUT2D eigenvalue weighted by molar-refractivity contribution is -0.131. The average Bonchev–Trinajstić information content (AvgIpc) is 3.15. The molecule has 0 aliphatic carbocycles. The van der Waals surface area contributed by atoms with Crippen LogP contribution in [0.25, 0.3) is 0 Å². The maximum Gasteiger partial charge on any atom is 0.238 e. The summed E-state index contributed by atoms with van der Waals surface area (Å²) >= 11 is 0. The number of sulfone groups is 1. The zero-order valence-electron chi connectivity index (χ0n) is 17.3. The molecule has 2 aliphatic heterocycles. The van der Waals surface area contributed by atoms with E-state index in [-0.39, 0.29) is 28.9 Å². The first-order chi connectivity index (χ1) is 14.2. The van der Waals surface area contributed by atoms with Gasteiger partial charge in [-0.3, -0.25) is 4.79 Å². The van der Waals surface area contributed by atoms with Crippen molar-refractivity contribution in [3.05, 3.63) is 18.3 Å². The summed E-state index contributed by atoms with van der Waals surface area (Å²) in [6.07, 6.45) is 11.0. The van der Waals surface area contributed by atoms with Crippen LogP contribution in [0.3, 0.4) is 0 Å². The van der Waals surface area contributed by atoms with Gasteiger partial charge in [0.1, 0.15) is 11.9 Å². The van der Waals surface area contributed by atoms with E-state index < -0.39 is 15.9 Å². The molecule has 0 bridgehead atoms. The van der Waals surface area contributed by atoms with E-state index in [1.807, 2.05) is 0 Å². The number of nitrogens with zero attached hydrogens (tertiary/aromatic N) is 4. The van der Waals surface area contributed by atoms with Gasteiger partial charge in [0, 0.05) is 31.1 Å². The lowest BCUT2D eigenvalue weighted by Gasteiger charge is -2.41. The highest BCUT2D eigenvalue weighted by Gasteiger charge is 2.37. The van der Waals surface area contributed by atoms with E-state index in [0.29, 0.717) is 12.8 Å². The molecule has 2 atom stereocenters. The van der Waals surface area contributed by atoms with E-state index >= 15 is 0 Å². The Bertz CT molecular complexity index is 947. The zero-order chi connectivity index (χ0) is 21.9. The third-order valence-corrected chi connectivity index (χ3v) is 7.12. The highest BCUT2D eigenvalue weighted by atomic mass is 32.2. The summed E-state index contributed by atoms with van der Waals surface area (Å²) in [5, 5.41) is 12.7. The number of nitrogens with one attached hydrogen (secondary N) is 1. The number of anilines is 1. The minimum Gasteiger partial charge on any atom is -0.356 e. The second-order valence-corrected chi connectivity index (χ2v) is 10.2. The van der Waals surface area contributed by atoms with Gasteiger partial charge in [-0.15, -0.1) is 6.42 Å². The lowest BCUT2D eigenvalue weighted by Crippen LogP contribution is -2.55. The van der Waals surface area contributed by atoms with Gasteiger partial charge >= 0.3 is 0 Å². The average molecular weight is 430 g/mol. The fourth-order valence-electron chi connectivity index (χ4n) is 4.01. The Kier molecular flexibility index (Phi) is 6.35. The van der Waals surface area contributed by atoms with Crippen LogP contribution in [-0.2, 0) is 14.6 Å². The van der Waals surface area contributed by atoms with E-state index in [0.717, 1.165) is 38.0 Å². The van der Waals surface area contributed by atoms with Gasteiger partial charge in [-0.2, -0.15) is 5.26 Å². The van der Waals surface area contributed by atoms with Gasteiger partial charge in [0.25, 0.3) is 0 Å². The molecule has 1 N–H and O–H groups in total. The number of carbonyl (C=O) groups excluding carboxylic acids is 1. The van der Waals surface area contributed by atoms with E-state index in [2.05, 4.69) is 34.1 Å². The van der Waals surface area contributed by atoms with Crippen LogP contribution in [0, 0.1) is 23.7 Å². The molecule has 2 saturated heterocycles. The lowest BCUT2D eigenvalue weighted by atomic mass is 9.89. The summed E-state index contributed by atoms with van der Waals surface area (Å²) < 4.78 is 23.2. The first kappa shape index (κ1) is 22.1. The molecule has 0 saturated carbocycles. The van der Waals surface area contributed by atoms with Gasteiger partial charge in [0.2, 0.25) is 5.91 Å². The van der Waals surface area contributed by atoms with Crippen LogP contribution < -0.4 is 10.2 Å². The second kappa shape index (κ2) is 8.63. The molecule has 0 aromatic carbocycles. The number of aromatic nitrogens is 1. The quantitative estimate of drug-likeness (QED) is 0.695. The molecule has 9 heteroatoms. The molecule has 8 nitrogen and oxygen atoms in total. The van der Waals surface area contributed by atoms with Crippen LogP contribution >= 0.6 is 0 Å². The molecule has 2 aliphatic rings. The Morgan fingerprint density at radius 1 is 1.33 bits per heavy atom. The number of piperidine rings is 1. The maximum absolute atomic E-state index is 12.7. The Morgan fingerprint density at radius 3 is 2.53 bits per heavy atom. The van der Waals surface area contributed by atoms with Crippen molar-refractivity contribution >= 4 is 21.6 Å². The number of amides is 1. The molecule has 1 amide bonds. The van der Waals surface area contributed by atoms with Crippen molar-refractivity contribution in [1.29, 1.82) is 5.26 Å². The Balaban J connectivity index is 1.55. The predicted octanol–water partition coefficient (Wildman–Crippen LogP) is 0.950. The molecule has 3 heterocycles. The first-order valence-electron chi connectivity index (χ1n) is 10.00. The standard InChI is InChI=1S/C21H27N5O3S/c1-4-16-5-6-17(13-22)26(16)20(27)15-24-21(2)9-11-25(12-10-21)19-8-7-18(14-23-19)30(3,28)29/h1,7-8,14,16-17,24H,5-6,9-12,15H2,2-3H3/t16-,17+/m1/s1. The maximum atomic E-state index is 12.7. The second-order valence-electron chi connectivity index (χ2n) is 8.23. The zero-order valence-corrected chi connectivity index (χ0v) is 18.2. The van der Waals surface area contributed by atoms with Crippen LogP contribution in [-0.4, -0.2) is 67.7 Å². The molecule has 160 valence electrons. The summed E-state index contributed by atoms with van der Waals surface area (Å²) in [7, 11) is -3.26. The topological polar surface area (TPSA) is 106 Å². The number of terminal acetylenes is 1. The van der Waals surface area contributed by atoms with E-state index in [1.165, 1.54) is 6.20 Å². The normalized spacial score (nSPS) is 23.6. The number of carbonyl (C=O) groups is 1. The fourth-order valence-corrected chi connectivity index (χ4v) is 4.57. The predicted molar refractivity (Wildman–Crippen MR) is 113 cm³/mol. The van der Waals surface area contributed by atoms with Crippen molar-refractivity contribution < 1.29 is 13.2 Å². The summed E-state index contributed by atoms with van der Waals surface area (Å²) in [4.78, 5) is 20.9. The number of hydrogen-bond donors (Lipinski definition) is 1. The molecule has 30 heavy (non-hydrogen) atoms.